The average Bonchev–Trinajstić information content (AvgIpc) is 3.02. The summed E-state index contributed by atoms with van der Waals surface area (Å²) >= 11 is 2.67. The first-order valence-electron chi connectivity index (χ1n) is 6.70. The molecule has 0 saturated carbocycles. The lowest BCUT2D eigenvalue weighted by molar-refractivity contribution is -0.137. The van der Waals surface area contributed by atoms with Gasteiger partial charge < -0.3 is 9.47 Å². The molecule has 3 heterocycles. The van der Waals surface area contributed by atoms with Gasteiger partial charge in [0.2, 0.25) is 0 Å². The summed E-state index contributed by atoms with van der Waals surface area (Å²) in [4.78, 5) is 33.7. The van der Waals surface area contributed by atoms with Gasteiger partial charge >= 0.3 is 11.9 Å². The topological polar surface area (TPSA) is 78.4 Å². The van der Waals surface area contributed by atoms with E-state index in [2.05, 4.69) is 9.97 Å². The van der Waals surface area contributed by atoms with E-state index in [0.717, 1.165) is 20.8 Å². The van der Waals surface area contributed by atoms with Crippen molar-refractivity contribution in [1.29, 1.82) is 0 Å². The molecule has 22 heavy (non-hydrogen) atoms. The van der Waals surface area contributed by atoms with Gasteiger partial charge in [-0.3, -0.25) is 4.79 Å². The van der Waals surface area contributed by atoms with Crippen LogP contribution in [0.15, 0.2) is 5.03 Å². The number of aryl methyl sites for hydroxylation is 2. The molecular weight excluding hydrogens is 324 g/mol. The molecular formula is C14H14N2O4S2. The van der Waals surface area contributed by atoms with Crippen LogP contribution >= 0.6 is 23.1 Å². The molecule has 0 N–H and O–H groups in total. The summed E-state index contributed by atoms with van der Waals surface area (Å²) in [5.41, 5.74) is 0.792. The number of ether oxygens (including phenoxy) is 2. The van der Waals surface area contributed by atoms with Crippen LogP contribution in [0.25, 0.3) is 10.2 Å². The lowest BCUT2D eigenvalue weighted by Gasteiger charge is -2.07. The largest absolute Gasteiger partial charge is 0.465 e. The van der Waals surface area contributed by atoms with Crippen LogP contribution in [0.5, 0.6) is 0 Å². The molecule has 1 aliphatic heterocycles. The molecule has 0 spiro atoms. The van der Waals surface area contributed by atoms with Gasteiger partial charge in [0.25, 0.3) is 0 Å². The van der Waals surface area contributed by atoms with Gasteiger partial charge in [-0.1, -0.05) is 11.8 Å². The molecule has 8 heteroatoms. The van der Waals surface area contributed by atoms with E-state index in [9.17, 15) is 9.59 Å². The smallest absolute Gasteiger partial charge is 0.348 e. The molecule has 2 aromatic heterocycles. The van der Waals surface area contributed by atoms with E-state index in [1.807, 2.05) is 6.92 Å². The first-order chi connectivity index (χ1) is 10.5. The molecule has 0 unspecified atom stereocenters. The Kier molecular flexibility index (Phi) is 4.05. The van der Waals surface area contributed by atoms with E-state index in [-0.39, 0.29) is 17.2 Å². The highest BCUT2D eigenvalue weighted by Crippen LogP contribution is 2.38. The monoisotopic (exact) mass is 338 g/mol. The van der Waals surface area contributed by atoms with Crippen LogP contribution in [0.1, 0.15) is 27.5 Å². The number of carbonyl (C=O) groups is 2. The second-order valence-electron chi connectivity index (χ2n) is 4.87. The molecule has 0 aliphatic carbocycles. The highest BCUT2D eigenvalue weighted by Gasteiger charge is 2.30. The number of thioether (sulfide) groups is 1. The van der Waals surface area contributed by atoms with Crippen molar-refractivity contribution in [2.24, 2.45) is 0 Å². The number of rotatable bonds is 3. The fraction of sp³-hybridized carbons (Fsp3) is 0.429. The van der Waals surface area contributed by atoms with Crippen LogP contribution < -0.4 is 0 Å². The van der Waals surface area contributed by atoms with Gasteiger partial charge in [0.15, 0.2) is 0 Å². The molecule has 6 nitrogen and oxygen atoms in total. The van der Waals surface area contributed by atoms with E-state index in [0.29, 0.717) is 23.7 Å². The Bertz CT molecular complexity index is 772. The van der Waals surface area contributed by atoms with Crippen LogP contribution in [-0.4, -0.2) is 40.9 Å². The number of methoxy groups -OCH3 is 1. The maximum absolute atomic E-state index is 11.9. The Hall–Kier alpha value is -1.67. The van der Waals surface area contributed by atoms with Crippen molar-refractivity contribution >= 4 is 45.3 Å². The number of fused-ring (bicyclic) bond motifs is 1. The second kappa shape index (κ2) is 5.85. The van der Waals surface area contributed by atoms with Crippen molar-refractivity contribution in [2.45, 2.75) is 30.5 Å². The van der Waals surface area contributed by atoms with Crippen LogP contribution in [0.3, 0.4) is 0 Å². The van der Waals surface area contributed by atoms with Crippen LogP contribution in [0, 0.1) is 13.8 Å². The number of aromatic nitrogens is 2. The molecule has 1 saturated heterocycles. The zero-order valence-corrected chi connectivity index (χ0v) is 14.0. The lowest BCUT2D eigenvalue weighted by atomic mass is 10.2. The lowest BCUT2D eigenvalue weighted by Crippen LogP contribution is -2.10. The summed E-state index contributed by atoms with van der Waals surface area (Å²) in [6.07, 6.45) is 0.668. The molecule has 2 aromatic rings. The first-order valence-corrected chi connectivity index (χ1v) is 8.40. The molecule has 0 radical (unpaired) electrons. The summed E-state index contributed by atoms with van der Waals surface area (Å²) in [6, 6.07) is 0. The van der Waals surface area contributed by atoms with Crippen molar-refractivity contribution in [3.63, 3.8) is 0 Å². The van der Waals surface area contributed by atoms with Crippen molar-refractivity contribution in [2.75, 3.05) is 13.7 Å². The predicted octanol–water partition coefficient (Wildman–Crippen LogP) is 2.50. The minimum atomic E-state index is -0.380. The quantitative estimate of drug-likeness (QED) is 0.628. The normalized spacial score (nSPS) is 17.8. The number of hydrogen-bond acceptors (Lipinski definition) is 8. The van der Waals surface area contributed by atoms with Crippen LogP contribution in [0.4, 0.5) is 0 Å². The van der Waals surface area contributed by atoms with Gasteiger partial charge in [-0.2, -0.15) is 0 Å². The van der Waals surface area contributed by atoms with Gasteiger partial charge in [0.1, 0.15) is 25.8 Å². The number of thiophene rings is 1. The molecule has 3 rings (SSSR count). The van der Waals surface area contributed by atoms with Crippen molar-refractivity contribution in [3.05, 3.63) is 16.3 Å². The number of nitrogens with zero attached hydrogens (tertiary/aromatic N) is 2. The van der Waals surface area contributed by atoms with E-state index < -0.39 is 0 Å². The highest BCUT2D eigenvalue weighted by atomic mass is 32.2. The second-order valence-corrected chi connectivity index (χ2v) is 7.06. The number of carbonyl (C=O) groups excluding carboxylic acids is 2. The summed E-state index contributed by atoms with van der Waals surface area (Å²) in [6.45, 7) is 4.09. The van der Waals surface area contributed by atoms with Crippen molar-refractivity contribution in [1.82, 2.24) is 9.97 Å². The summed E-state index contributed by atoms with van der Waals surface area (Å²) < 4.78 is 9.81. The molecule has 0 aromatic carbocycles. The average molecular weight is 338 g/mol. The zero-order chi connectivity index (χ0) is 15.9. The van der Waals surface area contributed by atoms with E-state index in [1.165, 1.54) is 30.2 Å². The zero-order valence-electron chi connectivity index (χ0n) is 12.3. The molecule has 1 atom stereocenters. The fourth-order valence-corrected chi connectivity index (χ4v) is 4.71. The molecule has 1 aliphatic rings. The molecule has 0 amide bonds. The minimum absolute atomic E-state index is 0.213. The van der Waals surface area contributed by atoms with Gasteiger partial charge in [-0.05, 0) is 19.4 Å². The molecule has 116 valence electrons. The van der Waals surface area contributed by atoms with E-state index >= 15 is 0 Å². The maximum atomic E-state index is 11.9. The number of esters is 2. The first kappa shape index (κ1) is 15.2. The Morgan fingerprint density at radius 3 is 2.82 bits per heavy atom. The predicted molar refractivity (Wildman–Crippen MR) is 83.4 cm³/mol. The third-order valence-electron chi connectivity index (χ3n) is 3.38. The van der Waals surface area contributed by atoms with Gasteiger partial charge in [-0.25, -0.2) is 14.8 Å². The van der Waals surface area contributed by atoms with Gasteiger partial charge in [0.05, 0.1) is 13.7 Å². The van der Waals surface area contributed by atoms with E-state index in [1.54, 1.807) is 6.92 Å². The Morgan fingerprint density at radius 1 is 1.41 bits per heavy atom. The van der Waals surface area contributed by atoms with E-state index in [4.69, 9.17) is 9.47 Å². The highest BCUT2D eigenvalue weighted by molar-refractivity contribution is 8.00. The molecule has 0 bridgehead atoms. The maximum Gasteiger partial charge on any atom is 0.348 e. The Balaban J connectivity index is 2.10. The summed E-state index contributed by atoms with van der Waals surface area (Å²) in [5.74, 6) is 0.0175. The van der Waals surface area contributed by atoms with Crippen molar-refractivity contribution in [3.8, 4) is 0 Å². The third-order valence-corrected chi connectivity index (χ3v) is 5.78. The third kappa shape index (κ3) is 2.56. The summed E-state index contributed by atoms with van der Waals surface area (Å²) in [5, 5.41) is 1.29. The SMILES string of the molecule is COC(=O)c1sc2nc(C)nc(S[C@@H]3CCOC3=O)c2c1C. The number of hydrogen-bond donors (Lipinski definition) is 0. The fourth-order valence-electron chi connectivity index (χ4n) is 2.30. The summed E-state index contributed by atoms with van der Waals surface area (Å²) in [7, 11) is 1.35. The molecule has 1 fully saturated rings. The standard InChI is InChI=1S/C14H14N2O4S2/c1-6-9-11(21-8-4-5-20-13(8)17)15-7(2)16-12(9)22-10(6)14(18)19-3/h8H,4-5H2,1-3H3/t8-/m1/s1. The Morgan fingerprint density at radius 2 is 2.18 bits per heavy atom. The van der Waals surface area contributed by atoms with Gasteiger partial charge in [-0.15, -0.1) is 11.3 Å². The van der Waals surface area contributed by atoms with Gasteiger partial charge in [0, 0.05) is 11.8 Å². The Labute approximate surface area is 135 Å². The van der Waals surface area contributed by atoms with Crippen LogP contribution in [0.2, 0.25) is 0 Å². The van der Waals surface area contributed by atoms with Crippen molar-refractivity contribution < 1.29 is 19.1 Å². The number of cyclic esters (lactones) is 1. The minimum Gasteiger partial charge on any atom is -0.465 e. The van der Waals surface area contributed by atoms with Crippen LogP contribution in [-0.2, 0) is 14.3 Å².